The molecule has 4 nitrogen and oxygen atoms in total. The Balaban J connectivity index is 2.32. The van der Waals surface area contributed by atoms with Gasteiger partial charge in [0.05, 0.1) is 9.86 Å². The monoisotopic (exact) mass is 330 g/mol. The molecule has 1 heterocycles. The highest BCUT2D eigenvalue weighted by molar-refractivity contribution is 9.10. The third kappa shape index (κ3) is 2.06. The largest absolute Gasteiger partial charge is 0.455 e. The number of nitrogens with two attached hydrogens (primary N) is 2. The maximum Gasteiger partial charge on any atom is 0.195 e. The minimum absolute atomic E-state index is 0.170. The van der Waals surface area contributed by atoms with E-state index in [2.05, 4.69) is 15.9 Å². The third-order valence-corrected chi connectivity index (χ3v) is 3.68. The van der Waals surface area contributed by atoms with Gasteiger partial charge in [-0.3, -0.25) is 4.79 Å². The summed E-state index contributed by atoms with van der Waals surface area (Å²) in [4.78, 5) is 12.2. The van der Waals surface area contributed by atoms with Gasteiger partial charge >= 0.3 is 0 Å². The number of hydrogen-bond donors (Lipinski definition) is 2. The van der Waals surface area contributed by atoms with Crippen molar-refractivity contribution in [3.8, 4) is 11.3 Å². The van der Waals surface area contributed by atoms with E-state index in [1.54, 1.807) is 36.4 Å². The van der Waals surface area contributed by atoms with Crippen LogP contribution >= 0.6 is 15.9 Å². The van der Waals surface area contributed by atoms with Crippen LogP contribution in [0.2, 0.25) is 0 Å². The minimum Gasteiger partial charge on any atom is -0.455 e. The summed E-state index contributed by atoms with van der Waals surface area (Å²) >= 11 is 3.38. The fourth-order valence-corrected chi connectivity index (χ4v) is 2.46. The van der Waals surface area contributed by atoms with E-state index in [4.69, 9.17) is 15.9 Å². The first-order chi connectivity index (χ1) is 9.56. The van der Waals surface area contributed by atoms with Gasteiger partial charge in [-0.25, -0.2) is 0 Å². The highest BCUT2D eigenvalue weighted by Gasteiger charge is 2.12. The van der Waals surface area contributed by atoms with E-state index < -0.39 is 0 Å². The fraction of sp³-hybridized carbons (Fsp3) is 0. The van der Waals surface area contributed by atoms with E-state index >= 15 is 0 Å². The summed E-state index contributed by atoms with van der Waals surface area (Å²) < 4.78 is 6.50. The fourth-order valence-electron chi connectivity index (χ4n) is 2.05. The summed E-state index contributed by atoms with van der Waals surface area (Å²) in [5, 5.41) is 0.388. The van der Waals surface area contributed by atoms with E-state index in [9.17, 15) is 4.79 Å². The average Bonchev–Trinajstić information content (AvgIpc) is 2.43. The van der Waals surface area contributed by atoms with Crippen LogP contribution in [0.4, 0.5) is 11.4 Å². The van der Waals surface area contributed by atoms with Crippen molar-refractivity contribution in [3.05, 3.63) is 57.2 Å². The lowest BCUT2D eigenvalue weighted by Gasteiger charge is -2.06. The average molecular weight is 331 g/mol. The van der Waals surface area contributed by atoms with Gasteiger partial charge in [-0.15, -0.1) is 0 Å². The summed E-state index contributed by atoms with van der Waals surface area (Å²) in [6.07, 6.45) is 0. The van der Waals surface area contributed by atoms with Crippen LogP contribution in [-0.4, -0.2) is 0 Å². The van der Waals surface area contributed by atoms with Crippen LogP contribution in [0.15, 0.2) is 56.1 Å². The highest BCUT2D eigenvalue weighted by Crippen LogP contribution is 2.30. The molecule has 20 heavy (non-hydrogen) atoms. The summed E-state index contributed by atoms with van der Waals surface area (Å²) in [6, 6.07) is 12.0. The Kier molecular flexibility index (Phi) is 2.99. The Morgan fingerprint density at radius 1 is 1.00 bits per heavy atom. The topological polar surface area (TPSA) is 82.2 Å². The van der Waals surface area contributed by atoms with Gasteiger partial charge in [0.1, 0.15) is 5.76 Å². The molecule has 0 amide bonds. The van der Waals surface area contributed by atoms with Crippen molar-refractivity contribution >= 4 is 38.3 Å². The number of rotatable bonds is 1. The summed E-state index contributed by atoms with van der Waals surface area (Å²) in [5.74, 6) is 0.480. The van der Waals surface area contributed by atoms with Crippen LogP contribution in [-0.2, 0) is 0 Å². The molecule has 0 aliphatic rings. The first-order valence-corrected chi connectivity index (χ1v) is 6.73. The molecular formula is C15H11BrN2O2. The first-order valence-electron chi connectivity index (χ1n) is 5.94. The van der Waals surface area contributed by atoms with Crippen LogP contribution in [0.3, 0.4) is 0 Å². The molecule has 0 unspecified atom stereocenters. The van der Waals surface area contributed by atoms with Crippen LogP contribution in [0.5, 0.6) is 0 Å². The molecule has 0 aliphatic heterocycles. The zero-order valence-corrected chi connectivity index (χ0v) is 12.0. The lowest BCUT2D eigenvalue weighted by molar-refractivity contribution is 0.617. The highest BCUT2D eigenvalue weighted by atomic mass is 79.9. The van der Waals surface area contributed by atoms with Crippen LogP contribution < -0.4 is 16.9 Å². The molecule has 0 spiro atoms. The van der Waals surface area contributed by atoms with Gasteiger partial charge in [-0.05, 0) is 52.3 Å². The lowest BCUT2D eigenvalue weighted by Crippen LogP contribution is -2.04. The predicted octanol–water partition coefficient (Wildman–Crippen LogP) is 3.39. The Morgan fingerprint density at radius 3 is 2.40 bits per heavy atom. The Bertz CT molecular complexity index is 854. The van der Waals surface area contributed by atoms with Gasteiger partial charge in [0.15, 0.2) is 11.0 Å². The number of halogens is 1. The Labute approximate surface area is 123 Å². The van der Waals surface area contributed by atoms with E-state index in [1.165, 1.54) is 6.07 Å². The zero-order chi connectivity index (χ0) is 14.3. The summed E-state index contributed by atoms with van der Waals surface area (Å²) in [5.41, 5.74) is 13.6. The lowest BCUT2D eigenvalue weighted by atomic mass is 10.1. The standard InChI is InChI=1S/C15H11BrN2O2/c16-10-5-6-11(18)14-12(19)7-13(20-15(10)14)8-1-3-9(17)4-2-8/h1-7H,17-18H2. The summed E-state index contributed by atoms with van der Waals surface area (Å²) in [7, 11) is 0. The molecule has 0 aliphatic carbocycles. The molecule has 1 aromatic heterocycles. The van der Waals surface area contributed by atoms with Crippen molar-refractivity contribution < 1.29 is 4.42 Å². The second-order valence-corrected chi connectivity index (χ2v) is 5.29. The first kappa shape index (κ1) is 12.7. The molecule has 0 saturated heterocycles. The number of hydrogen-bond acceptors (Lipinski definition) is 4. The Hall–Kier alpha value is -2.27. The van der Waals surface area contributed by atoms with Gasteiger partial charge in [0.25, 0.3) is 0 Å². The van der Waals surface area contributed by atoms with Crippen LogP contribution in [0, 0.1) is 0 Å². The van der Waals surface area contributed by atoms with Crippen LogP contribution in [0.1, 0.15) is 0 Å². The molecule has 0 saturated carbocycles. The molecule has 0 radical (unpaired) electrons. The summed E-state index contributed by atoms with van der Waals surface area (Å²) in [6.45, 7) is 0. The molecule has 0 fully saturated rings. The van der Waals surface area contributed by atoms with Crippen molar-refractivity contribution in [2.75, 3.05) is 11.5 Å². The maximum absolute atomic E-state index is 12.2. The van der Waals surface area contributed by atoms with Crippen molar-refractivity contribution in [2.45, 2.75) is 0 Å². The van der Waals surface area contributed by atoms with Gasteiger partial charge in [-0.2, -0.15) is 0 Å². The smallest absolute Gasteiger partial charge is 0.195 e. The molecule has 0 bridgehead atoms. The molecule has 5 heteroatoms. The van der Waals surface area contributed by atoms with E-state index in [0.717, 1.165) is 5.56 Å². The van der Waals surface area contributed by atoms with Gasteiger partial charge in [0, 0.05) is 23.0 Å². The number of nitrogen functional groups attached to an aromatic ring is 2. The molecule has 2 aromatic carbocycles. The number of benzene rings is 2. The second kappa shape index (κ2) is 4.68. The molecule has 3 aromatic rings. The molecule has 0 atom stereocenters. The number of fused-ring (bicyclic) bond motifs is 1. The molecular weight excluding hydrogens is 320 g/mol. The third-order valence-electron chi connectivity index (χ3n) is 3.06. The normalized spacial score (nSPS) is 10.8. The second-order valence-electron chi connectivity index (χ2n) is 4.44. The van der Waals surface area contributed by atoms with Crippen molar-refractivity contribution in [3.63, 3.8) is 0 Å². The molecule has 3 rings (SSSR count). The van der Waals surface area contributed by atoms with Gasteiger partial charge in [0.2, 0.25) is 0 Å². The zero-order valence-electron chi connectivity index (χ0n) is 10.4. The SMILES string of the molecule is Nc1ccc(-c2cc(=O)c3c(N)ccc(Br)c3o2)cc1. The van der Waals surface area contributed by atoms with E-state index in [-0.39, 0.29) is 5.43 Å². The quantitative estimate of drug-likeness (QED) is 0.670. The minimum atomic E-state index is -0.170. The predicted molar refractivity (Wildman–Crippen MR) is 84.4 cm³/mol. The van der Waals surface area contributed by atoms with Crippen molar-refractivity contribution in [2.24, 2.45) is 0 Å². The van der Waals surface area contributed by atoms with Crippen LogP contribution in [0.25, 0.3) is 22.3 Å². The van der Waals surface area contributed by atoms with Crippen molar-refractivity contribution in [1.82, 2.24) is 0 Å². The molecule has 4 N–H and O–H groups in total. The maximum atomic E-state index is 12.2. The van der Waals surface area contributed by atoms with Gasteiger partial charge in [-0.1, -0.05) is 0 Å². The van der Waals surface area contributed by atoms with E-state index in [0.29, 0.717) is 32.6 Å². The van der Waals surface area contributed by atoms with Gasteiger partial charge < -0.3 is 15.9 Å². The van der Waals surface area contributed by atoms with Crippen molar-refractivity contribution in [1.29, 1.82) is 0 Å². The van der Waals surface area contributed by atoms with E-state index in [1.807, 2.05) is 0 Å². The number of anilines is 2. The Morgan fingerprint density at radius 2 is 1.70 bits per heavy atom. The molecule has 100 valence electrons.